The lowest BCUT2D eigenvalue weighted by Gasteiger charge is -1.95. The molecule has 2 rings (SSSR count). The molecule has 0 atom stereocenters. The van der Waals surface area contributed by atoms with Gasteiger partial charge in [0.15, 0.2) is 0 Å². The van der Waals surface area contributed by atoms with E-state index >= 15 is 0 Å². The maximum Gasteiger partial charge on any atom is 0.0713 e. The Morgan fingerprint density at radius 2 is 1.32 bits per heavy atom. The zero-order valence-electron chi connectivity index (χ0n) is 12.4. The van der Waals surface area contributed by atoms with Crippen LogP contribution in [0.3, 0.4) is 0 Å². The third kappa shape index (κ3) is 8.86. The van der Waals surface area contributed by atoms with Crippen molar-refractivity contribution in [1.82, 2.24) is 0 Å². The van der Waals surface area contributed by atoms with Crippen molar-refractivity contribution in [3.05, 3.63) is 66.2 Å². The average molecular weight is 259 g/mol. The molecule has 2 heteroatoms. The van der Waals surface area contributed by atoms with Crippen LogP contribution < -0.4 is 5.32 Å². The van der Waals surface area contributed by atoms with Crippen LogP contribution in [0.2, 0.25) is 0 Å². The van der Waals surface area contributed by atoms with E-state index in [1.165, 1.54) is 5.56 Å². The van der Waals surface area contributed by atoms with Crippen LogP contribution in [0.5, 0.6) is 0 Å². The van der Waals surface area contributed by atoms with Gasteiger partial charge in [-0.3, -0.25) is 0 Å². The maximum absolute atomic E-state index is 4.93. The minimum Gasteiger partial charge on any atom is -0.388 e. The van der Waals surface area contributed by atoms with E-state index in [2.05, 4.69) is 5.32 Å². The van der Waals surface area contributed by atoms with Gasteiger partial charge in [0.1, 0.15) is 0 Å². The summed E-state index contributed by atoms with van der Waals surface area (Å²) in [5.74, 6) is 0. The monoisotopic (exact) mass is 259 g/mol. The number of rotatable bonds is 3. The molecule has 0 fully saturated rings. The molecule has 0 spiro atoms. The van der Waals surface area contributed by atoms with E-state index in [9.17, 15) is 0 Å². The minimum atomic E-state index is 0.709. The molecule has 19 heavy (non-hydrogen) atoms. The summed E-state index contributed by atoms with van der Waals surface area (Å²) in [7, 11) is 3.61. The first-order valence-corrected chi connectivity index (χ1v) is 6.62. The summed E-state index contributed by atoms with van der Waals surface area (Å²) in [4.78, 5) is 0. The Bertz CT molecular complexity index is 387. The molecule has 0 amide bonds. The molecule has 0 radical (unpaired) electrons. The van der Waals surface area contributed by atoms with Crippen molar-refractivity contribution in [2.45, 2.75) is 20.5 Å². The lowest BCUT2D eigenvalue weighted by Crippen LogP contribution is -1.84. The van der Waals surface area contributed by atoms with Crippen molar-refractivity contribution >= 4 is 5.69 Å². The summed E-state index contributed by atoms with van der Waals surface area (Å²) in [5, 5.41) is 3.03. The smallest absolute Gasteiger partial charge is 0.0713 e. The van der Waals surface area contributed by atoms with E-state index in [-0.39, 0.29) is 0 Å². The zero-order valence-corrected chi connectivity index (χ0v) is 12.4. The predicted octanol–water partition coefficient (Wildman–Crippen LogP) is 4.59. The average Bonchev–Trinajstić information content (AvgIpc) is 2.52. The van der Waals surface area contributed by atoms with E-state index in [0.29, 0.717) is 6.61 Å². The van der Waals surface area contributed by atoms with Gasteiger partial charge in [0.2, 0.25) is 0 Å². The van der Waals surface area contributed by atoms with Gasteiger partial charge in [-0.2, -0.15) is 0 Å². The van der Waals surface area contributed by atoms with Gasteiger partial charge in [0, 0.05) is 19.8 Å². The normalized spacial score (nSPS) is 8.42. The molecule has 0 bridgehead atoms. The van der Waals surface area contributed by atoms with Gasteiger partial charge in [0.25, 0.3) is 0 Å². The van der Waals surface area contributed by atoms with Gasteiger partial charge in [0.05, 0.1) is 6.61 Å². The van der Waals surface area contributed by atoms with Gasteiger partial charge in [-0.25, -0.2) is 0 Å². The Hall–Kier alpha value is -1.80. The summed E-state index contributed by atoms with van der Waals surface area (Å²) in [5.41, 5.74) is 2.38. The molecule has 0 aliphatic rings. The molecule has 0 aliphatic heterocycles. The Labute approximate surface area is 117 Å². The number of benzene rings is 2. The Morgan fingerprint density at radius 1 is 0.842 bits per heavy atom. The van der Waals surface area contributed by atoms with Crippen molar-refractivity contribution in [2.24, 2.45) is 0 Å². The fourth-order valence-corrected chi connectivity index (χ4v) is 1.35. The van der Waals surface area contributed by atoms with E-state index in [1.807, 2.05) is 81.6 Å². The molecule has 0 aliphatic carbocycles. The van der Waals surface area contributed by atoms with Crippen LogP contribution in [-0.2, 0) is 11.3 Å². The summed E-state index contributed by atoms with van der Waals surface area (Å²) >= 11 is 0. The first kappa shape index (κ1) is 17.2. The highest BCUT2D eigenvalue weighted by Crippen LogP contribution is 2.01. The van der Waals surface area contributed by atoms with Crippen LogP contribution in [0.15, 0.2) is 60.7 Å². The number of hydrogen-bond acceptors (Lipinski definition) is 2. The molecule has 2 nitrogen and oxygen atoms in total. The maximum atomic E-state index is 4.93. The summed E-state index contributed by atoms with van der Waals surface area (Å²) < 4.78 is 4.93. The molecule has 0 saturated heterocycles. The molecule has 1 N–H and O–H groups in total. The lowest BCUT2D eigenvalue weighted by atomic mass is 10.2. The molecule has 0 saturated carbocycles. The number of para-hydroxylation sites is 1. The van der Waals surface area contributed by atoms with E-state index in [4.69, 9.17) is 4.74 Å². The number of nitrogens with one attached hydrogen (secondary N) is 1. The molecule has 0 unspecified atom stereocenters. The first-order valence-electron chi connectivity index (χ1n) is 6.62. The van der Waals surface area contributed by atoms with E-state index < -0.39 is 0 Å². The second-order valence-electron chi connectivity index (χ2n) is 3.53. The summed E-state index contributed by atoms with van der Waals surface area (Å²) in [6, 6.07) is 20.2. The van der Waals surface area contributed by atoms with Crippen molar-refractivity contribution in [3.63, 3.8) is 0 Å². The van der Waals surface area contributed by atoms with Crippen molar-refractivity contribution < 1.29 is 4.74 Å². The van der Waals surface area contributed by atoms with Crippen molar-refractivity contribution in [3.8, 4) is 0 Å². The van der Waals surface area contributed by atoms with Gasteiger partial charge in [-0.05, 0) is 17.7 Å². The molecule has 0 aromatic heterocycles. The van der Waals surface area contributed by atoms with Crippen molar-refractivity contribution in [2.75, 3.05) is 19.5 Å². The second-order valence-corrected chi connectivity index (χ2v) is 3.53. The Kier molecular flexibility index (Phi) is 11.5. The number of hydrogen-bond donors (Lipinski definition) is 1. The third-order valence-electron chi connectivity index (χ3n) is 2.22. The SMILES string of the molecule is CC.CNc1ccccc1.COCc1ccccc1. The minimum absolute atomic E-state index is 0.709. The van der Waals surface area contributed by atoms with E-state index in [1.54, 1.807) is 7.11 Å². The topological polar surface area (TPSA) is 21.3 Å². The largest absolute Gasteiger partial charge is 0.388 e. The highest BCUT2D eigenvalue weighted by molar-refractivity contribution is 5.41. The van der Waals surface area contributed by atoms with Crippen LogP contribution >= 0.6 is 0 Å². The fraction of sp³-hybridized carbons (Fsp3) is 0.294. The van der Waals surface area contributed by atoms with Gasteiger partial charge >= 0.3 is 0 Å². The van der Waals surface area contributed by atoms with Gasteiger partial charge in [-0.15, -0.1) is 0 Å². The molecular formula is C17H25NO. The van der Waals surface area contributed by atoms with Gasteiger partial charge < -0.3 is 10.1 Å². The predicted molar refractivity (Wildman–Crippen MR) is 84.5 cm³/mol. The number of ether oxygens (including phenoxy) is 1. The van der Waals surface area contributed by atoms with Crippen LogP contribution in [0.25, 0.3) is 0 Å². The lowest BCUT2D eigenvalue weighted by molar-refractivity contribution is 0.185. The van der Waals surface area contributed by atoms with Crippen LogP contribution in [0, 0.1) is 0 Å². The fourth-order valence-electron chi connectivity index (χ4n) is 1.35. The van der Waals surface area contributed by atoms with Crippen LogP contribution in [-0.4, -0.2) is 14.2 Å². The second kappa shape index (κ2) is 12.7. The Morgan fingerprint density at radius 3 is 1.68 bits per heavy atom. The standard InChI is InChI=1S/C8H10O.C7H9N.C2H6/c1-9-7-8-5-3-2-4-6-8;1-8-7-5-3-2-4-6-7;1-2/h2-6H,7H2,1H3;2-6,8H,1H3;1-2H3. The zero-order chi connectivity index (χ0) is 14.3. The summed E-state index contributed by atoms with van der Waals surface area (Å²) in [6.45, 7) is 4.71. The van der Waals surface area contributed by atoms with Gasteiger partial charge in [-0.1, -0.05) is 62.4 Å². The van der Waals surface area contributed by atoms with Crippen molar-refractivity contribution in [1.29, 1.82) is 0 Å². The number of anilines is 1. The first-order chi connectivity index (χ1) is 9.36. The highest BCUT2D eigenvalue weighted by atomic mass is 16.5. The van der Waals surface area contributed by atoms with E-state index in [0.717, 1.165) is 5.69 Å². The molecular weight excluding hydrogens is 234 g/mol. The Balaban J connectivity index is 0.000000303. The molecule has 104 valence electrons. The third-order valence-corrected chi connectivity index (χ3v) is 2.22. The van der Waals surface area contributed by atoms with Crippen LogP contribution in [0.1, 0.15) is 19.4 Å². The number of methoxy groups -OCH3 is 1. The summed E-state index contributed by atoms with van der Waals surface area (Å²) in [6.07, 6.45) is 0. The molecule has 0 heterocycles. The molecule has 2 aromatic carbocycles. The van der Waals surface area contributed by atoms with Crippen LogP contribution in [0.4, 0.5) is 5.69 Å². The molecule has 2 aromatic rings. The highest BCUT2D eigenvalue weighted by Gasteiger charge is 1.84. The quantitative estimate of drug-likeness (QED) is 0.870.